The van der Waals surface area contributed by atoms with Crippen LogP contribution in [0.25, 0.3) is 89.4 Å². The van der Waals surface area contributed by atoms with Crippen molar-refractivity contribution in [2.75, 3.05) is 6.66 Å². The Morgan fingerprint density at radius 1 is 0.364 bits per heavy atom. The van der Waals surface area contributed by atoms with Crippen molar-refractivity contribution in [1.82, 2.24) is 15.0 Å². The molecule has 260 valence electrons. The third kappa shape index (κ3) is 5.79. The van der Waals surface area contributed by atoms with Gasteiger partial charge in [-0.3, -0.25) is 0 Å². The average molecular weight is 724 g/mol. The van der Waals surface area contributed by atoms with Crippen LogP contribution in [-0.2, 0) is 4.57 Å². The third-order valence-corrected chi connectivity index (χ3v) is 13.3. The minimum atomic E-state index is -2.80. The first-order valence-electron chi connectivity index (χ1n) is 18.4. The molecule has 0 aliphatic carbocycles. The van der Waals surface area contributed by atoms with Crippen LogP contribution in [0.3, 0.4) is 0 Å². The molecule has 4 nitrogen and oxygen atoms in total. The predicted molar refractivity (Wildman–Crippen MR) is 228 cm³/mol. The number of hydrogen-bond acceptors (Lipinski definition) is 4. The predicted octanol–water partition coefficient (Wildman–Crippen LogP) is 12.0. The number of nitrogens with zero attached hydrogens (tertiary/aromatic N) is 3. The molecule has 0 radical (unpaired) electrons. The molecule has 5 heteroatoms. The minimum Gasteiger partial charge on any atom is -0.314 e. The summed E-state index contributed by atoms with van der Waals surface area (Å²) in [7, 11) is -2.80. The Hall–Kier alpha value is -6.74. The first kappa shape index (κ1) is 32.9. The van der Waals surface area contributed by atoms with Crippen LogP contribution in [0.4, 0.5) is 0 Å². The van der Waals surface area contributed by atoms with Gasteiger partial charge in [-0.05, 0) is 74.1 Å². The maximum absolute atomic E-state index is 14.5. The molecule has 2 heterocycles. The van der Waals surface area contributed by atoms with E-state index in [9.17, 15) is 4.57 Å². The van der Waals surface area contributed by atoms with E-state index in [0.29, 0.717) is 17.5 Å². The molecule has 1 aromatic heterocycles. The van der Waals surface area contributed by atoms with E-state index < -0.39 is 7.14 Å². The molecule has 0 N–H and O–H groups in total. The molecule has 55 heavy (non-hydrogen) atoms. The molecule has 0 saturated carbocycles. The van der Waals surface area contributed by atoms with Crippen molar-refractivity contribution in [2.24, 2.45) is 0 Å². The fourth-order valence-electron chi connectivity index (χ4n) is 7.94. The SMILES string of the molecule is CP1(=O)c2ccccc2-c2cccc(-c3cc(-c4ccc(-c5nc(-c6ccccc6)nc(-c6ccc(-c7ccccc7)cc6)n5)cc4)c4ccccc4c3)c21. The quantitative estimate of drug-likeness (QED) is 0.160. The fraction of sp³-hybridized carbons (Fsp3) is 0.0200. The molecule has 8 aromatic carbocycles. The van der Waals surface area contributed by atoms with Gasteiger partial charge in [-0.15, -0.1) is 0 Å². The zero-order chi connectivity index (χ0) is 36.9. The summed E-state index contributed by atoms with van der Waals surface area (Å²) in [6.07, 6.45) is 0. The van der Waals surface area contributed by atoms with Crippen LogP contribution < -0.4 is 10.6 Å². The van der Waals surface area contributed by atoms with Gasteiger partial charge in [-0.2, -0.15) is 0 Å². The maximum Gasteiger partial charge on any atom is 0.164 e. The standard InChI is InChI=1S/C50H34N3OP/c1-55(54)46-22-11-10-19-43(46)44-21-12-20-42(47(44)55)40-31-39-17-8-9-18-41(39)45(32-40)35-25-29-38(30-26-35)50-52-48(36-15-6-3-7-16-36)51-49(53-50)37-27-23-34(24-28-37)33-13-4-2-5-14-33/h2-32H,1H3. The minimum absolute atomic E-state index is 0.610. The molecule has 9 aromatic rings. The number of fused-ring (bicyclic) bond motifs is 4. The summed E-state index contributed by atoms with van der Waals surface area (Å²) in [5.74, 6) is 1.86. The monoisotopic (exact) mass is 723 g/mol. The van der Waals surface area contributed by atoms with E-state index in [1.54, 1.807) is 0 Å². The lowest BCUT2D eigenvalue weighted by atomic mass is 9.91. The number of hydrogen-bond donors (Lipinski definition) is 0. The van der Waals surface area contributed by atoms with Crippen LogP contribution in [0.2, 0.25) is 0 Å². The number of benzene rings is 8. The van der Waals surface area contributed by atoms with Gasteiger partial charge in [0.15, 0.2) is 17.5 Å². The Kier molecular flexibility index (Phi) is 7.94. The summed E-state index contributed by atoms with van der Waals surface area (Å²) in [6.45, 7) is 1.91. The van der Waals surface area contributed by atoms with Gasteiger partial charge in [-0.1, -0.05) is 176 Å². The second kappa shape index (κ2) is 13.3. The zero-order valence-corrected chi connectivity index (χ0v) is 31.0. The van der Waals surface area contributed by atoms with Crippen molar-refractivity contribution < 1.29 is 4.57 Å². The summed E-state index contributed by atoms with van der Waals surface area (Å²) >= 11 is 0. The second-order valence-electron chi connectivity index (χ2n) is 14.1. The molecule has 0 spiro atoms. The van der Waals surface area contributed by atoms with Crippen LogP contribution in [0, 0.1) is 0 Å². The van der Waals surface area contributed by atoms with Crippen LogP contribution in [0.5, 0.6) is 0 Å². The van der Waals surface area contributed by atoms with Gasteiger partial charge >= 0.3 is 0 Å². The van der Waals surface area contributed by atoms with Gasteiger partial charge in [0.25, 0.3) is 0 Å². The van der Waals surface area contributed by atoms with E-state index in [0.717, 1.165) is 82.6 Å². The highest BCUT2D eigenvalue weighted by atomic mass is 31.2. The van der Waals surface area contributed by atoms with Crippen molar-refractivity contribution in [3.05, 3.63) is 188 Å². The van der Waals surface area contributed by atoms with Gasteiger partial charge in [0.05, 0.1) is 0 Å². The largest absolute Gasteiger partial charge is 0.314 e. The van der Waals surface area contributed by atoms with Crippen LogP contribution in [0.15, 0.2) is 188 Å². The molecular formula is C50H34N3OP. The summed E-state index contributed by atoms with van der Waals surface area (Å²) in [6, 6.07) is 64.7. The summed E-state index contributed by atoms with van der Waals surface area (Å²) in [5, 5.41) is 4.17. The van der Waals surface area contributed by atoms with Crippen molar-refractivity contribution >= 4 is 28.5 Å². The first-order valence-corrected chi connectivity index (χ1v) is 20.6. The Balaban J connectivity index is 1.06. The first-order chi connectivity index (χ1) is 27.0. The lowest BCUT2D eigenvalue weighted by Crippen LogP contribution is -2.11. The topological polar surface area (TPSA) is 55.7 Å². The Labute approximate surface area is 320 Å². The Morgan fingerprint density at radius 2 is 0.836 bits per heavy atom. The van der Waals surface area contributed by atoms with Crippen molar-refractivity contribution in [3.8, 4) is 78.7 Å². The number of rotatable bonds is 6. The van der Waals surface area contributed by atoms with Crippen molar-refractivity contribution in [1.29, 1.82) is 0 Å². The molecule has 0 saturated heterocycles. The average Bonchev–Trinajstić information content (AvgIpc) is 3.50. The lowest BCUT2D eigenvalue weighted by Gasteiger charge is -2.17. The maximum atomic E-state index is 14.5. The van der Waals surface area contributed by atoms with Crippen LogP contribution in [-0.4, -0.2) is 21.6 Å². The van der Waals surface area contributed by atoms with E-state index in [4.69, 9.17) is 15.0 Å². The molecule has 10 rings (SSSR count). The van der Waals surface area contributed by atoms with E-state index in [2.05, 4.69) is 133 Å². The highest BCUT2D eigenvalue weighted by Crippen LogP contribution is 2.52. The van der Waals surface area contributed by atoms with Crippen LogP contribution in [0.1, 0.15) is 0 Å². The van der Waals surface area contributed by atoms with Gasteiger partial charge < -0.3 is 4.57 Å². The van der Waals surface area contributed by atoms with Crippen molar-refractivity contribution in [3.63, 3.8) is 0 Å². The van der Waals surface area contributed by atoms with E-state index >= 15 is 0 Å². The summed E-state index contributed by atoms with van der Waals surface area (Å²) < 4.78 is 14.5. The molecule has 0 bridgehead atoms. The fourth-order valence-corrected chi connectivity index (χ4v) is 10.5. The highest BCUT2D eigenvalue weighted by Gasteiger charge is 2.36. The smallest absolute Gasteiger partial charge is 0.164 e. The molecule has 1 aliphatic heterocycles. The molecular weight excluding hydrogens is 690 g/mol. The second-order valence-corrected chi connectivity index (χ2v) is 16.9. The van der Waals surface area contributed by atoms with Crippen LogP contribution >= 0.6 is 7.14 Å². The Morgan fingerprint density at radius 3 is 1.51 bits per heavy atom. The third-order valence-electron chi connectivity index (χ3n) is 10.7. The van der Waals surface area contributed by atoms with E-state index in [-0.39, 0.29) is 0 Å². The molecule has 1 unspecified atom stereocenters. The summed E-state index contributed by atoms with van der Waals surface area (Å²) in [4.78, 5) is 15.0. The van der Waals surface area contributed by atoms with Gasteiger partial charge in [0.2, 0.25) is 0 Å². The molecule has 1 atom stereocenters. The molecule has 0 fully saturated rings. The summed E-state index contributed by atoms with van der Waals surface area (Å²) in [5.41, 5.74) is 11.5. The Bertz CT molecular complexity index is 2940. The van der Waals surface area contributed by atoms with E-state index in [1.165, 1.54) is 0 Å². The van der Waals surface area contributed by atoms with E-state index in [1.807, 2.05) is 61.3 Å². The number of aromatic nitrogens is 3. The van der Waals surface area contributed by atoms with Crippen molar-refractivity contribution in [2.45, 2.75) is 0 Å². The van der Waals surface area contributed by atoms with Gasteiger partial charge in [-0.25, -0.2) is 15.0 Å². The molecule has 0 amide bonds. The zero-order valence-electron chi connectivity index (χ0n) is 30.1. The highest BCUT2D eigenvalue weighted by molar-refractivity contribution is 7.79. The molecule has 1 aliphatic rings. The normalized spacial score (nSPS) is 14.4. The lowest BCUT2D eigenvalue weighted by molar-refractivity contribution is 0.591. The van der Waals surface area contributed by atoms with Gasteiger partial charge in [0, 0.05) is 27.3 Å². The van der Waals surface area contributed by atoms with Gasteiger partial charge in [0.1, 0.15) is 7.14 Å².